The lowest BCUT2D eigenvalue weighted by molar-refractivity contribution is -0.122. The molecule has 2 rings (SSSR count). The normalized spacial score (nSPS) is 11.6. The van der Waals surface area contributed by atoms with E-state index in [-0.39, 0.29) is 11.5 Å². The minimum absolute atomic E-state index is 0.118. The Morgan fingerprint density at radius 2 is 1.83 bits per heavy atom. The molecule has 0 fully saturated rings. The first-order chi connectivity index (χ1) is 10.9. The van der Waals surface area contributed by atoms with Gasteiger partial charge in [-0.1, -0.05) is 22.0 Å². The van der Waals surface area contributed by atoms with Gasteiger partial charge in [0.2, 0.25) is 0 Å². The second-order valence-electron chi connectivity index (χ2n) is 5.04. The Kier molecular flexibility index (Phi) is 5.39. The number of rotatable bonds is 5. The summed E-state index contributed by atoms with van der Waals surface area (Å²) in [7, 11) is 0. The molecule has 23 heavy (non-hydrogen) atoms. The summed E-state index contributed by atoms with van der Waals surface area (Å²) in [5.74, 6) is -0.815. The van der Waals surface area contributed by atoms with Crippen molar-refractivity contribution in [2.45, 2.75) is 20.0 Å². The van der Waals surface area contributed by atoms with Crippen molar-refractivity contribution in [2.75, 3.05) is 5.32 Å². The van der Waals surface area contributed by atoms with Crippen molar-refractivity contribution in [1.29, 1.82) is 0 Å². The lowest BCUT2D eigenvalue weighted by atomic mass is 10.1. The van der Waals surface area contributed by atoms with Crippen LogP contribution >= 0.6 is 15.9 Å². The smallest absolute Gasteiger partial charge is 0.335 e. The van der Waals surface area contributed by atoms with Crippen LogP contribution in [0.3, 0.4) is 0 Å². The topological polar surface area (TPSA) is 75.6 Å². The maximum Gasteiger partial charge on any atom is 0.335 e. The number of halogens is 1. The molecule has 2 aromatic carbocycles. The third kappa shape index (κ3) is 4.56. The summed E-state index contributed by atoms with van der Waals surface area (Å²) < 4.78 is 6.49. The van der Waals surface area contributed by atoms with E-state index in [9.17, 15) is 9.59 Å². The molecule has 0 aromatic heterocycles. The van der Waals surface area contributed by atoms with Crippen molar-refractivity contribution >= 4 is 33.5 Å². The SMILES string of the molecule is Cc1ccc(C(=O)O)cc1NC(=O)C(C)Oc1ccc(Br)cc1. The predicted octanol–water partition coefficient (Wildman–Crippen LogP) is 3.86. The van der Waals surface area contributed by atoms with Crippen molar-refractivity contribution in [3.63, 3.8) is 0 Å². The molecule has 0 bridgehead atoms. The van der Waals surface area contributed by atoms with Crippen LogP contribution in [-0.2, 0) is 4.79 Å². The first-order valence-corrected chi connectivity index (χ1v) is 7.73. The number of carboxylic acids is 1. The van der Waals surface area contributed by atoms with Gasteiger partial charge >= 0.3 is 5.97 Å². The van der Waals surface area contributed by atoms with Crippen LogP contribution in [0.2, 0.25) is 0 Å². The molecule has 1 amide bonds. The molecule has 0 aliphatic rings. The number of amides is 1. The maximum absolute atomic E-state index is 12.2. The summed E-state index contributed by atoms with van der Waals surface area (Å²) in [5.41, 5.74) is 1.35. The molecule has 0 saturated carbocycles. The number of nitrogens with one attached hydrogen (secondary N) is 1. The first-order valence-electron chi connectivity index (χ1n) is 6.94. The van der Waals surface area contributed by atoms with Crippen LogP contribution in [0.25, 0.3) is 0 Å². The Hall–Kier alpha value is -2.34. The zero-order valence-electron chi connectivity index (χ0n) is 12.7. The van der Waals surface area contributed by atoms with E-state index in [2.05, 4.69) is 21.2 Å². The molecule has 2 aromatic rings. The highest BCUT2D eigenvalue weighted by Gasteiger charge is 2.16. The van der Waals surface area contributed by atoms with E-state index in [1.807, 2.05) is 12.1 Å². The van der Waals surface area contributed by atoms with Gasteiger partial charge in [-0.2, -0.15) is 0 Å². The fourth-order valence-corrected chi connectivity index (χ4v) is 2.16. The van der Waals surface area contributed by atoms with Gasteiger partial charge in [0.25, 0.3) is 5.91 Å². The van der Waals surface area contributed by atoms with E-state index in [0.29, 0.717) is 11.4 Å². The number of hydrogen-bond donors (Lipinski definition) is 2. The summed E-state index contributed by atoms with van der Waals surface area (Å²) in [4.78, 5) is 23.2. The largest absolute Gasteiger partial charge is 0.481 e. The predicted molar refractivity (Wildman–Crippen MR) is 91.0 cm³/mol. The molecule has 120 valence electrons. The Balaban J connectivity index is 2.07. The number of carboxylic acid groups (broad SMARTS) is 1. The minimum Gasteiger partial charge on any atom is -0.481 e. The van der Waals surface area contributed by atoms with Gasteiger partial charge in [-0.05, 0) is 55.8 Å². The first kappa shape index (κ1) is 17.0. The zero-order valence-corrected chi connectivity index (χ0v) is 14.3. The van der Waals surface area contributed by atoms with Gasteiger partial charge in [-0.3, -0.25) is 4.79 Å². The van der Waals surface area contributed by atoms with E-state index >= 15 is 0 Å². The number of ether oxygens (including phenoxy) is 1. The minimum atomic E-state index is -1.04. The van der Waals surface area contributed by atoms with Gasteiger partial charge in [0.15, 0.2) is 6.10 Å². The lowest BCUT2D eigenvalue weighted by Gasteiger charge is -2.16. The van der Waals surface area contributed by atoms with Gasteiger partial charge in [-0.25, -0.2) is 4.79 Å². The van der Waals surface area contributed by atoms with Crippen LogP contribution < -0.4 is 10.1 Å². The second-order valence-corrected chi connectivity index (χ2v) is 5.95. The van der Waals surface area contributed by atoms with Gasteiger partial charge in [0, 0.05) is 10.2 Å². The molecular formula is C17H16BrNO4. The Morgan fingerprint density at radius 3 is 2.43 bits per heavy atom. The summed E-state index contributed by atoms with van der Waals surface area (Å²) >= 11 is 3.33. The molecular weight excluding hydrogens is 362 g/mol. The standard InChI is InChI=1S/C17H16BrNO4/c1-10-3-4-12(17(21)22)9-15(10)19-16(20)11(2)23-14-7-5-13(18)6-8-14/h3-9,11H,1-2H3,(H,19,20)(H,21,22). The highest BCUT2D eigenvalue weighted by Crippen LogP contribution is 2.20. The zero-order chi connectivity index (χ0) is 17.0. The molecule has 0 radical (unpaired) electrons. The van der Waals surface area contributed by atoms with Crippen LogP contribution in [0.5, 0.6) is 5.75 Å². The Labute approximate surface area is 142 Å². The van der Waals surface area contributed by atoms with Crippen molar-refractivity contribution in [1.82, 2.24) is 0 Å². The fraction of sp³-hybridized carbons (Fsp3) is 0.176. The van der Waals surface area contributed by atoms with Gasteiger partial charge in [0.1, 0.15) is 5.75 Å². The fourth-order valence-electron chi connectivity index (χ4n) is 1.89. The molecule has 2 N–H and O–H groups in total. The maximum atomic E-state index is 12.2. The summed E-state index contributed by atoms with van der Waals surface area (Å²) in [6.45, 7) is 3.43. The van der Waals surface area contributed by atoms with Gasteiger partial charge < -0.3 is 15.2 Å². The molecule has 5 nitrogen and oxygen atoms in total. The third-order valence-electron chi connectivity index (χ3n) is 3.24. The average Bonchev–Trinajstić information content (AvgIpc) is 2.51. The molecule has 0 spiro atoms. The van der Waals surface area contributed by atoms with Crippen molar-refractivity contribution in [3.8, 4) is 5.75 Å². The van der Waals surface area contributed by atoms with E-state index in [0.717, 1.165) is 10.0 Å². The Morgan fingerprint density at radius 1 is 1.17 bits per heavy atom. The quantitative estimate of drug-likeness (QED) is 0.829. The third-order valence-corrected chi connectivity index (χ3v) is 3.77. The van der Waals surface area contributed by atoms with Crippen molar-refractivity contribution in [2.24, 2.45) is 0 Å². The van der Waals surface area contributed by atoms with Crippen LogP contribution in [0.1, 0.15) is 22.8 Å². The number of aromatic carboxylic acids is 1. The van der Waals surface area contributed by atoms with Crippen LogP contribution in [0, 0.1) is 6.92 Å². The molecule has 1 unspecified atom stereocenters. The molecule has 0 aliphatic carbocycles. The van der Waals surface area contributed by atoms with Gasteiger partial charge in [0.05, 0.1) is 5.56 Å². The molecule has 0 heterocycles. The Bertz CT molecular complexity index is 728. The number of aryl methyl sites for hydroxylation is 1. The average molecular weight is 378 g/mol. The molecule has 6 heteroatoms. The van der Waals surface area contributed by atoms with E-state index in [1.165, 1.54) is 12.1 Å². The second kappa shape index (κ2) is 7.28. The van der Waals surface area contributed by atoms with Crippen LogP contribution in [0.15, 0.2) is 46.9 Å². The molecule has 0 aliphatic heterocycles. The monoisotopic (exact) mass is 377 g/mol. The van der Waals surface area contributed by atoms with Gasteiger partial charge in [-0.15, -0.1) is 0 Å². The summed E-state index contributed by atoms with van der Waals surface area (Å²) in [5, 5.41) is 11.7. The summed E-state index contributed by atoms with van der Waals surface area (Å²) in [6.07, 6.45) is -0.718. The van der Waals surface area contributed by atoms with Crippen LogP contribution in [-0.4, -0.2) is 23.1 Å². The van der Waals surface area contributed by atoms with E-state index in [1.54, 1.807) is 32.0 Å². The van der Waals surface area contributed by atoms with Crippen molar-refractivity contribution in [3.05, 3.63) is 58.1 Å². The summed E-state index contributed by atoms with van der Waals surface area (Å²) in [6, 6.07) is 11.7. The highest BCUT2D eigenvalue weighted by atomic mass is 79.9. The lowest BCUT2D eigenvalue weighted by Crippen LogP contribution is -2.30. The number of anilines is 1. The molecule has 1 atom stereocenters. The van der Waals surface area contributed by atoms with E-state index in [4.69, 9.17) is 9.84 Å². The van der Waals surface area contributed by atoms with Crippen molar-refractivity contribution < 1.29 is 19.4 Å². The number of benzene rings is 2. The number of carbonyl (C=O) groups is 2. The number of carbonyl (C=O) groups excluding carboxylic acids is 1. The number of hydrogen-bond acceptors (Lipinski definition) is 3. The highest BCUT2D eigenvalue weighted by molar-refractivity contribution is 9.10. The van der Waals surface area contributed by atoms with Crippen LogP contribution in [0.4, 0.5) is 5.69 Å². The molecule has 0 saturated heterocycles. The van der Waals surface area contributed by atoms with E-state index < -0.39 is 12.1 Å².